The van der Waals surface area contributed by atoms with Crippen LogP contribution in [0, 0.1) is 0 Å². The first-order valence-corrected chi connectivity index (χ1v) is 9.32. The zero-order chi connectivity index (χ0) is 21.5. The van der Waals surface area contributed by atoms with Gasteiger partial charge in [-0.05, 0) is 66.1 Å². The summed E-state index contributed by atoms with van der Waals surface area (Å²) in [7, 11) is 0.437. The van der Waals surface area contributed by atoms with E-state index in [1.807, 2.05) is 27.7 Å². The van der Waals surface area contributed by atoms with E-state index >= 15 is 0 Å². The maximum Gasteiger partial charge on any atom is 0.495 e. The summed E-state index contributed by atoms with van der Waals surface area (Å²) in [6.45, 7) is 12.9. The molecule has 0 unspecified atom stereocenters. The predicted molar refractivity (Wildman–Crippen MR) is 108 cm³/mol. The Bertz CT molecular complexity index is 771. The van der Waals surface area contributed by atoms with Crippen LogP contribution < -0.4 is 10.8 Å². The molecule has 0 saturated carbocycles. The molecule has 0 aliphatic carbocycles. The first-order valence-electron chi connectivity index (χ1n) is 8.94. The molecule has 1 heterocycles. The summed E-state index contributed by atoms with van der Waals surface area (Å²) in [5.74, 6) is -0.588. The van der Waals surface area contributed by atoms with Crippen molar-refractivity contribution in [2.24, 2.45) is 0 Å². The molecule has 2 rings (SSSR count). The van der Waals surface area contributed by atoms with Crippen LogP contribution in [0.5, 0.6) is 0 Å². The Morgan fingerprint density at radius 1 is 1.11 bits per heavy atom. The van der Waals surface area contributed by atoms with Gasteiger partial charge in [0.2, 0.25) is 0 Å². The second-order valence-corrected chi connectivity index (χ2v) is 9.03. The lowest BCUT2D eigenvalue weighted by Crippen LogP contribution is -2.41. The first-order chi connectivity index (χ1) is 12.7. The van der Waals surface area contributed by atoms with Gasteiger partial charge in [0.1, 0.15) is 5.60 Å². The largest absolute Gasteiger partial charge is 0.495 e. The van der Waals surface area contributed by atoms with E-state index in [1.165, 1.54) is 13.2 Å². The van der Waals surface area contributed by atoms with Gasteiger partial charge in [0.25, 0.3) is 0 Å². The summed E-state index contributed by atoms with van der Waals surface area (Å²) in [5, 5.41) is 2.76. The molecule has 1 aliphatic rings. The maximum atomic E-state index is 12.3. The van der Waals surface area contributed by atoms with Crippen LogP contribution in [0.1, 0.15) is 58.8 Å². The minimum atomic E-state index is -0.837. The first kappa shape index (κ1) is 22.5. The molecule has 0 aromatic heterocycles. The lowest BCUT2D eigenvalue weighted by atomic mass is 9.75. The highest BCUT2D eigenvalue weighted by Gasteiger charge is 2.52. The number of benzene rings is 1. The van der Waals surface area contributed by atoms with Gasteiger partial charge >= 0.3 is 19.2 Å². The lowest BCUT2D eigenvalue weighted by Gasteiger charge is -2.32. The number of nitrogens with one attached hydrogen (secondary N) is 1. The van der Waals surface area contributed by atoms with Gasteiger partial charge in [-0.1, -0.05) is 11.6 Å². The maximum absolute atomic E-state index is 12.3. The highest BCUT2D eigenvalue weighted by atomic mass is 35.5. The van der Waals surface area contributed by atoms with E-state index in [1.54, 1.807) is 26.8 Å². The van der Waals surface area contributed by atoms with E-state index in [0.29, 0.717) is 5.46 Å². The Morgan fingerprint density at radius 2 is 1.64 bits per heavy atom. The van der Waals surface area contributed by atoms with Crippen molar-refractivity contribution >= 4 is 41.9 Å². The van der Waals surface area contributed by atoms with E-state index in [0.717, 1.165) is 0 Å². The quantitative estimate of drug-likeness (QED) is 0.602. The average molecular weight is 412 g/mol. The third kappa shape index (κ3) is 4.80. The number of halogens is 1. The van der Waals surface area contributed by atoms with Crippen molar-refractivity contribution in [3.05, 3.63) is 22.7 Å². The number of hydrogen-bond donors (Lipinski definition) is 1. The number of amides is 1. The summed E-state index contributed by atoms with van der Waals surface area (Å²) in [5.41, 5.74) is -1.01. The van der Waals surface area contributed by atoms with Crippen molar-refractivity contribution in [2.45, 2.75) is 65.3 Å². The standard InChI is InChI=1S/C19H27BClNO6/c1-17(2,3)26-16(24)22-14-10-12(11(9-13(14)21)15(23)25-8)20-27-18(4,5)19(6,7)28-20/h9-10H,1-8H3,(H,22,24). The Morgan fingerprint density at radius 3 is 2.11 bits per heavy atom. The Hall–Kier alpha value is -1.77. The van der Waals surface area contributed by atoms with Crippen molar-refractivity contribution < 1.29 is 28.4 Å². The van der Waals surface area contributed by atoms with Crippen LogP contribution >= 0.6 is 11.6 Å². The van der Waals surface area contributed by atoms with Gasteiger partial charge in [0.05, 0.1) is 34.6 Å². The number of esters is 1. The van der Waals surface area contributed by atoms with Crippen LogP contribution in [0.2, 0.25) is 5.02 Å². The third-order valence-corrected chi connectivity index (χ3v) is 5.00. The molecule has 7 nitrogen and oxygen atoms in total. The van der Waals surface area contributed by atoms with Gasteiger partial charge in [-0.25, -0.2) is 9.59 Å². The third-order valence-electron chi connectivity index (χ3n) is 4.69. The molecule has 9 heteroatoms. The number of anilines is 1. The number of methoxy groups -OCH3 is 1. The minimum Gasteiger partial charge on any atom is -0.465 e. The predicted octanol–water partition coefficient (Wildman–Crippen LogP) is 3.77. The molecule has 1 saturated heterocycles. The average Bonchev–Trinajstić information content (AvgIpc) is 2.74. The Labute approximate surface area is 171 Å². The van der Waals surface area contributed by atoms with Crippen LogP contribution in [0.4, 0.5) is 10.5 Å². The second kappa shape index (κ2) is 7.57. The molecule has 1 aromatic carbocycles. The number of rotatable bonds is 3. The molecule has 1 fully saturated rings. The SMILES string of the molecule is COC(=O)c1cc(Cl)c(NC(=O)OC(C)(C)C)cc1B1OC(C)(C)C(C)(C)O1. The van der Waals surface area contributed by atoms with E-state index < -0.39 is 36.0 Å². The molecule has 1 amide bonds. The van der Waals surface area contributed by atoms with Crippen LogP contribution in [-0.2, 0) is 18.8 Å². The van der Waals surface area contributed by atoms with Crippen molar-refractivity contribution in [2.75, 3.05) is 12.4 Å². The number of carbonyl (C=O) groups excluding carboxylic acids is 2. The molecule has 1 aliphatic heterocycles. The molecule has 0 radical (unpaired) electrons. The normalized spacial score (nSPS) is 18.0. The van der Waals surface area contributed by atoms with Crippen molar-refractivity contribution in [3.63, 3.8) is 0 Å². The molecule has 1 N–H and O–H groups in total. The highest BCUT2D eigenvalue weighted by Crippen LogP contribution is 2.37. The van der Waals surface area contributed by atoms with E-state index in [9.17, 15) is 9.59 Å². The van der Waals surface area contributed by atoms with Crippen LogP contribution in [0.3, 0.4) is 0 Å². The van der Waals surface area contributed by atoms with E-state index in [2.05, 4.69) is 5.32 Å². The Kier molecular flexibility index (Phi) is 6.09. The molecule has 28 heavy (non-hydrogen) atoms. The molecule has 0 spiro atoms. The topological polar surface area (TPSA) is 83.1 Å². The summed E-state index contributed by atoms with van der Waals surface area (Å²) < 4.78 is 22.2. The minimum absolute atomic E-state index is 0.159. The summed E-state index contributed by atoms with van der Waals surface area (Å²) >= 11 is 6.28. The fourth-order valence-electron chi connectivity index (χ4n) is 2.55. The fourth-order valence-corrected chi connectivity index (χ4v) is 2.76. The smallest absolute Gasteiger partial charge is 0.465 e. The van der Waals surface area contributed by atoms with Gasteiger partial charge in [0.15, 0.2) is 0 Å². The van der Waals surface area contributed by atoms with Crippen LogP contribution in [0.15, 0.2) is 12.1 Å². The number of hydrogen-bond acceptors (Lipinski definition) is 6. The zero-order valence-electron chi connectivity index (χ0n) is 17.6. The molecule has 0 atom stereocenters. The fraction of sp³-hybridized carbons (Fsp3) is 0.579. The van der Waals surface area contributed by atoms with Gasteiger partial charge in [-0.3, -0.25) is 5.32 Å². The van der Waals surface area contributed by atoms with E-state index in [-0.39, 0.29) is 16.3 Å². The summed E-state index contributed by atoms with van der Waals surface area (Å²) in [6, 6.07) is 2.96. The molecular formula is C19H27BClNO6. The Balaban J connectivity index is 2.45. The van der Waals surface area contributed by atoms with Gasteiger partial charge in [-0.15, -0.1) is 0 Å². The molecular weight excluding hydrogens is 384 g/mol. The summed E-state index contributed by atoms with van der Waals surface area (Å²) in [6.07, 6.45) is -0.667. The van der Waals surface area contributed by atoms with Crippen LogP contribution in [-0.4, -0.2) is 43.1 Å². The number of ether oxygens (including phenoxy) is 2. The lowest BCUT2D eigenvalue weighted by molar-refractivity contribution is 0.00578. The van der Waals surface area contributed by atoms with E-state index in [4.69, 9.17) is 30.4 Å². The van der Waals surface area contributed by atoms with Gasteiger partial charge in [0, 0.05) is 0 Å². The monoisotopic (exact) mass is 411 g/mol. The summed E-state index contributed by atoms with van der Waals surface area (Å²) in [4.78, 5) is 24.4. The van der Waals surface area contributed by atoms with Crippen molar-refractivity contribution in [1.82, 2.24) is 0 Å². The molecule has 154 valence electrons. The molecule has 0 bridgehead atoms. The van der Waals surface area contributed by atoms with Crippen molar-refractivity contribution in [3.8, 4) is 0 Å². The molecule has 1 aromatic rings. The zero-order valence-corrected chi connectivity index (χ0v) is 18.3. The second-order valence-electron chi connectivity index (χ2n) is 8.63. The highest BCUT2D eigenvalue weighted by molar-refractivity contribution is 6.64. The van der Waals surface area contributed by atoms with Gasteiger partial charge < -0.3 is 18.8 Å². The van der Waals surface area contributed by atoms with Crippen LogP contribution in [0.25, 0.3) is 0 Å². The van der Waals surface area contributed by atoms with Gasteiger partial charge in [-0.2, -0.15) is 0 Å². The van der Waals surface area contributed by atoms with Crippen molar-refractivity contribution in [1.29, 1.82) is 0 Å². The number of carbonyl (C=O) groups is 2.